The van der Waals surface area contributed by atoms with E-state index in [1.54, 1.807) is 6.20 Å². The van der Waals surface area contributed by atoms with E-state index in [2.05, 4.69) is 34.0 Å². The van der Waals surface area contributed by atoms with Gasteiger partial charge in [0.1, 0.15) is 10.8 Å². The van der Waals surface area contributed by atoms with Crippen LogP contribution in [0.2, 0.25) is 0 Å². The van der Waals surface area contributed by atoms with E-state index in [1.807, 2.05) is 24.3 Å². The number of para-hydroxylation sites is 2. The topological polar surface area (TPSA) is 45.4 Å². The number of aromatic nitrogens is 1. The molecule has 0 amide bonds. The molecule has 0 atom stereocenters. The summed E-state index contributed by atoms with van der Waals surface area (Å²) in [5.41, 5.74) is 8.97. The molecule has 0 unspecified atom stereocenters. The fourth-order valence-electron chi connectivity index (χ4n) is 2.53. The van der Waals surface area contributed by atoms with Crippen LogP contribution in [0.1, 0.15) is 5.56 Å². The summed E-state index contributed by atoms with van der Waals surface area (Å²) in [6.07, 6.45) is 1.78. The number of hydrogen-bond donors (Lipinski definition) is 1. The van der Waals surface area contributed by atoms with Gasteiger partial charge in [0.25, 0.3) is 0 Å². The van der Waals surface area contributed by atoms with Gasteiger partial charge >= 0.3 is 0 Å². The minimum absolute atomic E-state index is 0.379. The van der Waals surface area contributed by atoms with Crippen molar-refractivity contribution < 1.29 is 0 Å². The molecule has 0 spiro atoms. The van der Waals surface area contributed by atoms with Crippen LogP contribution in [0.25, 0.3) is 0 Å². The maximum atomic E-state index is 5.82. The van der Waals surface area contributed by atoms with Crippen molar-refractivity contribution in [2.45, 2.75) is 0 Å². The van der Waals surface area contributed by atoms with Crippen molar-refractivity contribution in [1.82, 2.24) is 4.98 Å². The van der Waals surface area contributed by atoms with E-state index in [0.717, 1.165) is 30.2 Å². The first-order valence-corrected chi connectivity index (χ1v) is 6.92. The van der Waals surface area contributed by atoms with E-state index in [1.165, 1.54) is 5.69 Å². The van der Waals surface area contributed by atoms with Crippen LogP contribution in [-0.2, 0) is 0 Å². The van der Waals surface area contributed by atoms with Crippen LogP contribution in [0.5, 0.6) is 0 Å². The predicted molar refractivity (Wildman–Crippen MR) is 86.8 cm³/mol. The van der Waals surface area contributed by atoms with Gasteiger partial charge in [-0.2, -0.15) is 0 Å². The van der Waals surface area contributed by atoms with Gasteiger partial charge in [-0.1, -0.05) is 24.4 Å². The van der Waals surface area contributed by atoms with Crippen molar-refractivity contribution in [1.29, 1.82) is 0 Å². The predicted octanol–water partition coefficient (Wildman–Crippen LogP) is 2.30. The Kier molecular flexibility index (Phi) is 3.28. The molecule has 0 fully saturated rings. The number of nitrogens with two attached hydrogens (primary N) is 1. The number of pyridine rings is 1. The number of fused-ring (bicyclic) bond motifs is 1. The molecule has 4 nitrogen and oxygen atoms in total. The van der Waals surface area contributed by atoms with Gasteiger partial charge < -0.3 is 15.5 Å². The molecule has 3 rings (SSSR count). The molecule has 0 bridgehead atoms. The number of hydrogen-bond acceptors (Lipinski definition) is 4. The second kappa shape index (κ2) is 5.09. The van der Waals surface area contributed by atoms with Crippen molar-refractivity contribution in [2.75, 3.05) is 29.9 Å². The third kappa shape index (κ3) is 2.10. The minimum Gasteiger partial charge on any atom is -0.389 e. The molecule has 1 aromatic carbocycles. The van der Waals surface area contributed by atoms with Crippen LogP contribution >= 0.6 is 12.2 Å². The summed E-state index contributed by atoms with van der Waals surface area (Å²) in [6.45, 7) is 1.80. The third-order valence-electron chi connectivity index (χ3n) is 3.55. The van der Waals surface area contributed by atoms with E-state index < -0.39 is 0 Å². The second-order valence-corrected chi connectivity index (χ2v) is 5.24. The molecule has 2 aromatic rings. The fraction of sp³-hybridized carbons (Fsp3) is 0.200. The quantitative estimate of drug-likeness (QED) is 0.857. The zero-order valence-corrected chi connectivity index (χ0v) is 12.1. The molecule has 102 valence electrons. The highest BCUT2D eigenvalue weighted by atomic mass is 32.1. The molecule has 0 saturated heterocycles. The molecule has 1 aliphatic heterocycles. The van der Waals surface area contributed by atoms with Crippen LogP contribution in [0.15, 0.2) is 42.6 Å². The summed E-state index contributed by atoms with van der Waals surface area (Å²) < 4.78 is 0. The van der Waals surface area contributed by atoms with Gasteiger partial charge in [-0.25, -0.2) is 4.98 Å². The number of thiocarbonyl (C=S) groups is 1. The lowest BCUT2D eigenvalue weighted by Crippen LogP contribution is -2.37. The van der Waals surface area contributed by atoms with Crippen molar-refractivity contribution in [2.24, 2.45) is 5.73 Å². The van der Waals surface area contributed by atoms with E-state index in [9.17, 15) is 0 Å². The van der Waals surface area contributed by atoms with Gasteiger partial charge in [-0.3, -0.25) is 0 Å². The Morgan fingerprint density at radius 2 is 1.90 bits per heavy atom. The molecule has 2 heterocycles. The Morgan fingerprint density at radius 1 is 1.15 bits per heavy atom. The van der Waals surface area contributed by atoms with Crippen molar-refractivity contribution >= 4 is 34.4 Å². The van der Waals surface area contributed by atoms with Crippen molar-refractivity contribution in [3.63, 3.8) is 0 Å². The minimum atomic E-state index is 0.379. The Balaban J connectivity index is 2.13. The molecule has 1 aliphatic rings. The number of anilines is 3. The molecule has 0 radical (unpaired) electrons. The van der Waals surface area contributed by atoms with E-state index in [4.69, 9.17) is 18.0 Å². The van der Waals surface area contributed by atoms with Gasteiger partial charge in [0.05, 0.1) is 16.9 Å². The first-order chi connectivity index (χ1) is 9.68. The first-order valence-electron chi connectivity index (χ1n) is 6.51. The van der Waals surface area contributed by atoms with Gasteiger partial charge in [-0.15, -0.1) is 0 Å². The molecule has 20 heavy (non-hydrogen) atoms. The summed E-state index contributed by atoms with van der Waals surface area (Å²) >= 11 is 5.14. The molecular weight excluding hydrogens is 268 g/mol. The van der Waals surface area contributed by atoms with Gasteiger partial charge in [0, 0.05) is 26.3 Å². The molecule has 5 heteroatoms. The maximum Gasteiger partial charge on any atom is 0.143 e. The van der Waals surface area contributed by atoms with E-state index >= 15 is 0 Å². The van der Waals surface area contributed by atoms with Crippen LogP contribution in [-0.4, -0.2) is 30.1 Å². The monoisotopic (exact) mass is 284 g/mol. The number of benzene rings is 1. The third-order valence-corrected chi connectivity index (χ3v) is 3.77. The summed E-state index contributed by atoms with van der Waals surface area (Å²) in [5.74, 6) is 0.834. The summed E-state index contributed by atoms with van der Waals surface area (Å²) in [7, 11) is 2.10. The van der Waals surface area contributed by atoms with E-state index in [-0.39, 0.29) is 0 Å². The smallest absolute Gasteiger partial charge is 0.143 e. The number of rotatable bonds is 2. The van der Waals surface area contributed by atoms with Gasteiger partial charge in [0.15, 0.2) is 0 Å². The van der Waals surface area contributed by atoms with Crippen molar-refractivity contribution in [3.05, 3.63) is 48.2 Å². The molecule has 2 N–H and O–H groups in total. The highest BCUT2D eigenvalue weighted by molar-refractivity contribution is 7.80. The van der Waals surface area contributed by atoms with E-state index in [0.29, 0.717) is 4.99 Å². The van der Waals surface area contributed by atoms with Gasteiger partial charge in [-0.05, 0) is 24.3 Å². The Bertz CT molecular complexity index is 656. The molecular formula is C15H16N4S. The lowest BCUT2D eigenvalue weighted by atomic mass is 10.1. The zero-order chi connectivity index (χ0) is 14.1. The SMILES string of the molecule is CN1CCN(c2ncccc2C(N)=S)c2ccccc21. The van der Waals surface area contributed by atoms with Crippen LogP contribution in [0.3, 0.4) is 0 Å². The summed E-state index contributed by atoms with van der Waals surface area (Å²) in [4.78, 5) is 9.30. The number of nitrogens with zero attached hydrogens (tertiary/aromatic N) is 3. The molecule has 0 saturated carbocycles. The first kappa shape index (κ1) is 12.9. The van der Waals surface area contributed by atoms with Crippen LogP contribution in [0.4, 0.5) is 17.2 Å². The Hall–Kier alpha value is -2.14. The molecule has 0 aliphatic carbocycles. The summed E-state index contributed by atoms with van der Waals surface area (Å²) in [5, 5.41) is 0. The molecule has 1 aromatic heterocycles. The highest BCUT2D eigenvalue weighted by Gasteiger charge is 2.24. The van der Waals surface area contributed by atoms with Crippen LogP contribution < -0.4 is 15.5 Å². The van der Waals surface area contributed by atoms with Gasteiger partial charge in [0.2, 0.25) is 0 Å². The zero-order valence-electron chi connectivity index (χ0n) is 11.3. The number of likely N-dealkylation sites (N-methyl/N-ethyl adjacent to an activating group) is 1. The van der Waals surface area contributed by atoms with Crippen molar-refractivity contribution in [3.8, 4) is 0 Å². The lowest BCUT2D eigenvalue weighted by molar-refractivity contribution is 0.813. The summed E-state index contributed by atoms with van der Waals surface area (Å²) in [6, 6.07) is 12.1. The van der Waals surface area contributed by atoms with Crippen LogP contribution in [0, 0.1) is 0 Å². The second-order valence-electron chi connectivity index (χ2n) is 4.80. The average Bonchev–Trinajstić information content (AvgIpc) is 2.48. The lowest BCUT2D eigenvalue weighted by Gasteiger charge is -2.36. The normalized spacial score (nSPS) is 14.1. The highest BCUT2D eigenvalue weighted by Crippen LogP contribution is 2.36. The Morgan fingerprint density at radius 3 is 2.65 bits per heavy atom. The largest absolute Gasteiger partial charge is 0.389 e. The fourth-order valence-corrected chi connectivity index (χ4v) is 2.69. The average molecular weight is 284 g/mol. The standard InChI is InChI=1S/C15H16N4S/c1-18-9-10-19(13-7-3-2-6-12(13)18)15-11(14(16)20)5-4-8-17-15/h2-8H,9-10H2,1H3,(H2,16,20). The Labute approximate surface area is 123 Å². The maximum absolute atomic E-state index is 5.82.